The summed E-state index contributed by atoms with van der Waals surface area (Å²) in [5.74, 6) is 0.913. The third kappa shape index (κ3) is 5.24. The van der Waals surface area contributed by atoms with Crippen LogP contribution in [-0.4, -0.2) is 17.8 Å². The highest BCUT2D eigenvalue weighted by atomic mass is 16.5. The van der Waals surface area contributed by atoms with Gasteiger partial charge in [-0.05, 0) is 25.5 Å². The lowest BCUT2D eigenvalue weighted by Crippen LogP contribution is -2.25. The van der Waals surface area contributed by atoms with Gasteiger partial charge in [-0.2, -0.15) is 0 Å². The lowest BCUT2D eigenvalue weighted by atomic mass is 10.1. The van der Waals surface area contributed by atoms with Gasteiger partial charge in [0.25, 0.3) is 0 Å². The number of hydrogen-bond donors (Lipinski definition) is 0. The molecule has 23 heavy (non-hydrogen) atoms. The second kappa shape index (κ2) is 9.56. The maximum Gasteiger partial charge on any atom is 0.246 e. The molecule has 0 saturated heterocycles. The molecule has 2 aromatic rings. The number of rotatable bonds is 11. The third-order valence-corrected chi connectivity index (χ3v) is 4.13. The summed E-state index contributed by atoms with van der Waals surface area (Å²) in [7, 11) is 2.06. The van der Waals surface area contributed by atoms with Crippen LogP contribution < -0.4 is 9.30 Å². The highest BCUT2D eigenvalue weighted by Gasteiger charge is 2.14. The van der Waals surface area contributed by atoms with E-state index in [2.05, 4.69) is 41.6 Å². The molecule has 0 atom stereocenters. The second-order valence-corrected chi connectivity index (χ2v) is 6.08. The van der Waals surface area contributed by atoms with Crippen molar-refractivity contribution in [2.45, 2.75) is 59.1 Å². The molecule has 1 aromatic heterocycles. The molecule has 0 radical (unpaired) electrons. The van der Waals surface area contributed by atoms with Crippen LogP contribution in [0.25, 0.3) is 11.0 Å². The SMILES string of the molecule is CCCCCCCCOCn1c[n+](C)c2ccc(OCC)cc21. The van der Waals surface area contributed by atoms with Crippen molar-refractivity contribution in [3.63, 3.8) is 0 Å². The first kappa shape index (κ1) is 17.8. The molecule has 1 aromatic carbocycles. The Morgan fingerprint density at radius 3 is 2.61 bits per heavy atom. The molecule has 0 N–H and O–H groups in total. The second-order valence-electron chi connectivity index (χ2n) is 6.08. The minimum atomic E-state index is 0.599. The first-order chi connectivity index (χ1) is 11.3. The van der Waals surface area contributed by atoms with Crippen molar-refractivity contribution in [2.24, 2.45) is 7.05 Å². The molecule has 128 valence electrons. The van der Waals surface area contributed by atoms with Crippen molar-refractivity contribution in [3.8, 4) is 5.75 Å². The largest absolute Gasteiger partial charge is 0.494 e. The maximum atomic E-state index is 5.86. The standard InChI is InChI=1S/C19H31N2O2/c1-4-6-7-8-9-10-13-22-16-21-15-20(3)18-12-11-17(23-5-2)14-19(18)21/h11-12,14-15H,4-10,13,16H2,1-3H3/q+1. The van der Waals surface area contributed by atoms with Gasteiger partial charge in [-0.3, -0.25) is 0 Å². The Labute approximate surface area is 140 Å². The molecular weight excluding hydrogens is 288 g/mol. The van der Waals surface area contributed by atoms with Gasteiger partial charge >= 0.3 is 0 Å². The summed E-state index contributed by atoms with van der Waals surface area (Å²) in [4.78, 5) is 0. The first-order valence-corrected chi connectivity index (χ1v) is 8.95. The summed E-state index contributed by atoms with van der Waals surface area (Å²) in [6.45, 7) is 6.38. The number of unbranched alkanes of at least 4 members (excludes halogenated alkanes) is 5. The fourth-order valence-corrected chi connectivity index (χ4v) is 2.87. The van der Waals surface area contributed by atoms with Crippen LogP contribution in [-0.2, 0) is 18.5 Å². The number of imidazole rings is 1. The average Bonchev–Trinajstić information content (AvgIpc) is 2.86. The van der Waals surface area contributed by atoms with E-state index >= 15 is 0 Å². The zero-order valence-corrected chi connectivity index (χ0v) is 14.9. The van der Waals surface area contributed by atoms with Crippen molar-refractivity contribution in [1.29, 1.82) is 0 Å². The minimum absolute atomic E-state index is 0.599. The molecule has 0 bridgehead atoms. The number of nitrogens with zero attached hydrogens (tertiary/aromatic N) is 2. The summed E-state index contributed by atoms with van der Waals surface area (Å²) in [6.07, 6.45) is 9.85. The minimum Gasteiger partial charge on any atom is -0.494 e. The monoisotopic (exact) mass is 319 g/mol. The predicted molar refractivity (Wildman–Crippen MR) is 93.6 cm³/mol. The number of fused-ring (bicyclic) bond motifs is 1. The fourth-order valence-electron chi connectivity index (χ4n) is 2.87. The predicted octanol–water partition coefficient (Wildman–Crippen LogP) is 4.20. The molecular formula is C19H31N2O2+. The Hall–Kier alpha value is -1.55. The van der Waals surface area contributed by atoms with E-state index in [9.17, 15) is 0 Å². The smallest absolute Gasteiger partial charge is 0.246 e. The van der Waals surface area contributed by atoms with Crippen molar-refractivity contribution >= 4 is 11.0 Å². The van der Waals surface area contributed by atoms with Crippen LogP contribution in [0.3, 0.4) is 0 Å². The molecule has 0 aliphatic rings. The van der Waals surface area contributed by atoms with E-state index in [1.54, 1.807) is 0 Å². The molecule has 4 heteroatoms. The summed E-state index contributed by atoms with van der Waals surface area (Å²) in [6, 6.07) is 6.21. The van der Waals surface area contributed by atoms with Gasteiger partial charge in [0.15, 0.2) is 17.8 Å². The lowest BCUT2D eigenvalue weighted by Gasteiger charge is -2.04. The number of ether oxygens (including phenoxy) is 2. The van der Waals surface area contributed by atoms with Crippen LogP contribution in [0.4, 0.5) is 0 Å². The molecule has 4 nitrogen and oxygen atoms in total. The Kier molecular flexibility index (Phi) is 7.40. The molecule has 0 fully saturated rings. The highest BCUT2D eigenvalue weighted by Crippen LogP contribution is 2.19. The quantitative estimate of drug-likeness (QED) is 0.458. The highest BCUT2D eigenvalue weighted by molar-refractivity contribution is 5.73. The van der Waals surface area contributed by atoms with Crippen molar-refractivity contribution in [2.75, 3.05) is 13.2 Å². The Bertz CT molecular complexity index is 592. The van der Waals surface area contributed by atoms with Crippen LogP contribution in [0.2, 0.25) is 0 Å². The van der Waals surface area contributed by atoms with Gasteiger partial charge in [0.2, 0.25) is 6.33 Å². The molecule has 2 rings (SSSR count). The molecule has 0 aliphatic heterocycles. The lowest BCUT2D eigenvalue weighted by molar-refractivity contribution is -0.646. The van der Waals surface area contributed by atoms with E-state index in [1.165, 1.54) is 37.6 Å². The average molecular weight is 319 g/mol. The van der Waals surface area contributed by atoms with Gasteiger partial charge in [-0.25, -0.2) is 9.13 Å². The van der Waals surface area contributed by atoms with Crippen LogP contribution in [0.5, 0.6) is 5.75 Å². The summed E-state index contributed by atoms with van der Waals surface area (Å²) < 4.78 is 15.7. The van der Waals surface area contributed by atoms with Gasteiger partial charge in [-0.15, -0.1) is 0 Å². The van der Waals surface area contributed by atoms with Gasteiger partial charge in [-0.1, -0.05) is 39.0 Å². The van der Waals surface area contributed by atoms with Crippen molar-refractivity contribution in [1.82, 2.24) is 4.57 Å². The van der Waals surface area contributed by atoms with Gasteiger partial charge in [0, 0.05) is 6.07 Å². The number of hydrogen-bond acceptors (Lipinski definition) is 2. The normalized spacial score (nSPS) is 11.3. The van der Waals surface area contributed by atoms with E-state index in [-0.39, 0.29) is 0 Å². The molecule has 0 saturated carbocycles. The number of benzene rings is 1. The zero-order chi connectivity index (χ0) is 16.5. The zero-order valence-electron chi connectivity index (χ0n) is 14.9. The topological polar surface area (TPSA) is 27.3 Å². The van der Waals surface area contributed by atoms with E-state index in [0.29, 0.717) is 13.3 Å². The first-order valence-electron chi connectivity index (χ1n) is 8.95. The van der Waals surface area contributed by atoms with Crippen LogP contribution in [0, 0.1) is 0 Å². The summed E-state index contributed by atoms with van der Waals surface area (Å²) in [5.41, 5.74) is 2.35. The molecule has 0 amide bonds. The maximum absolute atomic E-state index is 5.86. The molecule has 0 unspecified atom stereocenters. The van der Waals surface area contributed by atoms with E-state index in [1.807, 2.05) is 13.0 Å². The third-order valence-electron chi connectivity index (χ3n) is 4.13. The number of aromatic nitrogens is 2. The van der Waals surface area contributed by atoms with E-state index in [0.717, 1.165) is 24.3 Å². The Morgan fingerprint density at radius 2 is 1.83 bits per heavy atom. The van der Waals surface area contributed by atoms with E-state index < -0.39 is 0 Å². The van der Waals surface area contributed by atoms with Crippen LogP contribution >= 0.6 is 0 Å². The fraction of sp³-hybridized carbons (Fsp3) is 0.632. The molecule has 0 aliphatic carbocycles. The summed E-state index contributed by atoms with van der Waals surface area (Å²) in [5, 5.41) is 0. The van der Waals surface area contributed by atoms with Crippen molar-refractivity contribution < 1.29 is 14.0 Å². The summed E-state index contributed by atoms with van der Waals surface area (Å²) >= 11 is 0. The number of aryl methyl sites for hydroxylation is 1. The molecule has 0 spiro atoms. The van der Waals surface area contributed by atoms with Crippen LogP contribution in [0.1, 0.15) is 52.4 Å². The molecule has 1 heterocycles. The van der Waals surface area contributed by atoms with Gasteiger partial charge < -0.3 is 9.47 Å². The van der Waals surface area contributed by atoms with E-state index in [4.69, 9.17) is 9.47 Å². The Balaban J connectivity index is 1.83. The Morgan fingerprint density at radius 1 is 1.04 bits per heavy atom. The van der Waals surface area contributed by atoms with Crippen molar-refractivity contribution in [3.05, 3.63) is 24.5 Å². The van der Waals surface area contributed by atoms with Gasteiger partial charge in [0.05, 0.1) is 20.3 Å². The van der Waals surface area contributed by atoms with Gasteiger partial charge in [0.1, 0.15) is 5.75 Å². The van der Waals surface area contributed by atoms with Crippen LogP contribution in [0.15, 0.2) is 24.5 Å².